The van der Waals surface area contributed by atoms with Gasteiger partial charge >= 0.3 is 6.01 Å². The zero-order valence-corrected chi connectivity index (χ0v) is 20.8. The van der Waals surface area contributed by atoms with Crippen molar-refractivity contribution < 1.29 is 19.0 Å². The van der Waals surface area contributed by atoms with Crippen molar-refractivity contribution in [3.8, 4) is 6.01 Å². The van der Waals surface area contributed by atoms with Crippen LogP contribution in [0.25, 0.3) is 0 Å². The highest BCUT2D eigenvalue weighted by Gasteiger charge is 2.54. The first-order valence-corrected chi connectivity index (χ1v) is 13.5. The van der Waals surface area contributed by atoms with Crippen molar-refractivity contribution in [3.05, 3.63) is 82.8 Å². The molecule has 34 heavy (non-hydrogen) atoms. The molecule has 1 N–H and O–H groups in total. The monoisotopic (exact) mass is 478 g/mol. The molecule has 0 radical (unpaired) electrons. The number of aliphatic hydroxyl groups is 1. The Morgan fingerprint density at radius 2 is 1.65 bits per heavy atom. The molecule has 1 aromatic heterocycles. The largest absolute Gasteiger partial charge is 0.453 e. The summed E-state index contributed by atoms with van der Waals surface area (Å²) in [6, 6.07) is 20.9. The Hall–Kier alpha value is -2.78. The van der Waals surface area contributed by atoms with E-state index in [4.69, 9.17) is 13.9 Å². The molecule has 4 atom stereocenters. The van der Waals surface area contributed by atoms with Crippen LogP contribution in [-0.4, -0.2) is 47.9 Å². The predicted molar refractivity (Wildman–Crippen MR) is 131 cm³/mol. The molecule has 178 valence electrons. The van der Waals surface area contributed by atoms with Crippen molar-refractivity contribution in [2.45, 2.75) is 57.3 Å². The maximum Gasteiger partial charge on any atom is 0.302 e. The van der Waals surface area contributed by atoms with E-state index in [2.05, 4.69) is 50.0 Å². The summed E-state index contributed by atoms with van der Waals surface area (Å²) < 4.78 is 20.7. The number of hydrogen-bond acceptors (Lipinski definition) is 6. The molecule has 0 unspecified atom stereocenters. The van der Waals surface area contributed by atoms with Crippen molar-refractivity contribution in [2.75, 3.05) is 6.61 Å². The standard InChI is InChI=1S/C26H30N2O5Si/c1-17-15-28-24-22(33-25(28)27-23(17)30)21(29)20(32-24)16-31-34(26(2,3)4,18-11-7-5-8-12-18)19-13-9-6-10-14-19/h5-15,20-22,24,29H,16H2,1-4H3/t20-,21-,22+,24-/m1/s1. The summed E-state index contributed by atoms with van der Waals surface area (Å²) >= 11 is 0. The van der Waals surface area contributed by atoms with Gasteiger partial charge < -0.3 is 19.0 Å². The van der Waals surface area contributed by atoms with Crippen LogP contribution in [0.5, 0.6) is 6.01 Å². The smallest absolute Gasteiger partial charge is 0.302 e. The minimum atomic E-state index is -2.76. The van der Waals surface area contributed by atoms with Gasteiger partial charge in [0.1, 0.15) is 12.2 Å². The van der Waals surface area contributed by atoms with Crippen LogP contribution in [0.2, 0.25) is 5.04 Å². The molecule has 3 heterocycles. The van der Waals surface area contributed by atoms with Gasteiger partial charge in [-0.2, -0.15) is 4.98 Å². The summed E-state index contributed by atoms with van der Waals surface area (Å²) in [7, 11) is -2.76. The molecule has 2 aliphatic heterocycles. The second-order valence-electron chi connectivity index (χ2n) is 10.0. The van der Waals surface area contributed by atoms with Crippen molar-refractivity contribution in [2.24, 2.45) is 0 Å². The number of aliphatic hydroxyl groups excluding tert-OH is 1. The number of nitrogens with zero attached hydrogens (tertiary/aromatic N) is 2. The molecule has 0 spiro atoms. The lowest BCUT2D eigenvalue weighted by Gasteiger charge is -2.43. The molecule has 2 aromatic carbocycles. The van der Waals surface area contributed by atoms with Crippen LogP contribution in [0.15, 0.2) is 71.7 Å². The third-order valence-corrected chi connectivity index (χ3v) is 11.8. The van der Waals surface area contributed by atoms with Gasteiger partial charge in [-0.05, 0) is 22.3 Å². The van der Waals surface area contributed by atoms with E-state index in [0.717, 1.165) is 0 Å². The van der Waals surface area contributed by atoms with Gasteiger partial charge in [0.2, 0.25) is 0 Å². The minimum absolute atomic E-state index is 0.177. The fraction of sp³-hybridized carbons (Fsp3) is 0.385. The Kier molecular flexibility index (Phi) is 5.72. The Balaban J connectivity index is 1.47. The average Bonchev–Trinajstić information content (AvgIpc) is 3.31. The van der Waals surface area contributed by atoms with Crippen molar-refractivity contribution in [3.63, 3.8) is 0 Å². The Morgan fingerprint density at radius 3 is 2.21 bits per heavy atom. The van der Waals surface area contributed by atoms with Gasteiger partial charge in [0.05, 0.1) is 6.61 Å². The topological polar surface area (TPSA) is 82.8 Å². The Bertz CT molecular complexity index is 1190. The van der Waals surface area contributed by atoms with E-state index in [1.54, 1.807) is 17.7 Å². The molecule has 3 aromatic rings. The maximum atomic E-state index is 11.9. The third-order valence-electron chi connectivity index (χ3n) is 6.80. The number of hydrogen-bond donors (Lipinski definition) is 1. The first-order valence-electron chi connectivity index (χ1n) is 11.6. The number of ether oxygens (including phenoxy) is 2. The zero-order chi connectivity index (χ0) is 24.1. The van der Waals surface area contributed by atoms with Crippen molar-refractivity contribution in [1.29, 1.82) is 0 Å². The van der Waals surface area contributed by atoms with Gasteiger partial charge in [-0.15, -0.1) is 0 Å². The van der Waals surface area contributed by atoms with E-state index >= 15 is 0 Å². The van der Waals surface area contributed by atoms with Crippen LogP contribution >= 0.6 is 0 Å². The second kappa shape index (κ2) is 8.46. The molecular formula is C26H30N2O5Si. The Labute approximate surface area is 200 Å². The van der Waals surface area contributed by atoms with Crippen LogP contribution in [0.1, 0.15) is 32.6 Å². The van der Waals surface area contributed by atoms with E-state index in [0.29, 0.717) is 5.56 Å². The third kappa shape index (κ3) is 3.62. The summed E-state index contributed by atoms with van der Waals surface area (Å²) in [5, 5.41) is 13.2. The molecule has 8 heteroatoms. The molecule has 0 bridgehead atoms. The van der Waals surface area contributed by atoms with Crippen LogP contribution in [0.4, 0.5) is 0 Å². The van der Waals surface area contributed by atoms with E-state index in [9.17, 15) is 9.90 Å². The highest BCUT2D eigenvalue weighted by atomic mass is 28.4. The zero-order valence-electron chi connectivity index (χ0n) is 19.8. The van der Waals surface area contributed by atoms with Crippen LogP contribution in [0, 0.1) is 6.92 Å². The lowest BCUT2D eigenvalue weighted by atomic mass is 10.1. The number of rotatable bonds is 5. The van der Waals surface area contributed by atoms with Gasteiger partial charge in [0.15, 0.2) is 12.3 Å². The fourth-order valence-electron chi connectivity index (χ4n) is 5.12. The first kappa shape index (κ1) is 23.0. The summed E-state index contributed by atoms with van der Waals surface area (Å²) in [4.78, 5) is 15.9. The van der Waals surface area contributed by atoms with E-state index in [1.165, 1.54) is 10.4 Å². The van der Waals surface area contributed by atoms with E-state index < -0.39 is 32.9 Å². The van der Waals surface area contributed by atoms with Crippen molar-refractivity contribution in [1.82, 2.24) is 9.55 Å². The lowest BCUT2D eigenvalue weighted by molar-refractivity contribution is -0.0401. The van der Waals surface area contributed by atoms with Gasteiger partial charge in [0.25, 0.3) is 13.9 Å². The highest BCUT2D eigenvalue weighted by Crippen LogP contribution is 2.41. The second-order valence-corrected chi connectivity index (χ2v) is 14.3. The summed E-state index contributed by atoms with van der Waals surface area (Å²) in [6.07, 6.45) is -1.01. The molecular weight excluding hydrogens is 448 g/mol. The predicted octanol–water partition coefficient (Wildman–Crippen LogP) is 2.15. The molecule has 2 aliphatic rings. The number of aromatic nitrogens is 2. The van der Waals surface area contributed by atoms with E-state index in [-0.39, 0.29) is 23.2 Å². The fourth-order valence-corrected chi connectivity index (χ4v) is 9.69. The Morgan fingerprint density at radius 1 is 1.06 bits per heavy atom. The molecule has 5 rings (SSSR count). The quantitative estimate of drug-likeness (QED) is 0.566. The molecule has 1 saturated heterocycles. The molecule has 7 nitrogen and oxygen atoms in total. The minimum Gasteiger partial charge on any atom is -0.453 e. The normalized spacial score (nSPS) is 23.9. The maximum absolute atomic E-state index is 11.9. The van der Waals surface area contributed by atoms with E-state index in [1.807, 2.05) is 36.4 Å². The summed E-state index contributed by atoms with van der Waals surface area (Å²) in [5.74, 6) is 0. The molecule has 0 amide bonds. The number of aryl methyl sites for hydroxylation is 1. The molecule has 0 aliphatic carbocycles. The van der Waals surface area contributed by atoms with Crippen LogP contribution < -0.4 is 20.7 Å². The number of benzene rings is 2. The number of fused-ring (bicyclic) bond motifs is 3. The lowest BCUT2D eigenvalue weighted by Crippen LogP contribution is -2.67. The van der Waals surface area contributed by atoms with Gasteiger partial charge in [0, 0.05) is 11.8 Å². The highest BCUT2D eigenvalue weighted by molar-refractivity contribution is 6.99. The van der Waals surface area contributed by atoms with Gasteiger partial charge in [-0.1, -0.05) is 81.4 Å². The van der Waals surface area contributed by atoms with Gasteiger partial charge in [-0.25, -0.2) is 0 Å². The molecule has 0 saturated carbocycles. The summed E-state index contributed by atoms with van der Waals surface area (Å²) in [6.45, 7) is 8.55. The van der Waals surface area contributed by atoms with Crippen molar-refractivity contribution >= 4 is 18.7 Å². The SMILES string of the molecule is Cc1cn2c(nc1=O)O[C@H]1[C@H](O)[C@@H](CO[Si](c3ccccc3)(c3ccccc3)C(C)(C)C)O[C@H]12. The van der Waals surface area contributed by atoms with Gasteiger partial charge in [-0.3, -0.25) is 9.36 Å². The molecule has 1 fully saturated rings. The van der Waals surface area contributed by atoms with Crippen LogP contribution in [-0.2, 0) is 9.16 Å². The van der Waals surface area contributed by atoms with Crippen LogP contribution in [0.3, 0.4) is 0 Å². The summed E-state index contributed by atoms with van der Waals surface area (Å²) in [5.41, 5.74) is 0.158. The first-order chi connectivity index (χ1) is 16.2. The average molecular weight is 479 g/mol.